The highest BCUT2D eigenvalue weighted by molar-refractivity contribution is 5.78. The van der Waals surface area contributed by atoms with Crippen LogP contribution in [0.5, 0.6) is 0 Å². The fourth-order valence-corrected chi connectivity index (χ4v) is 2.30. The number of carbonyl (C=O) groups excluding carboxylic acids is 1. The second-order valence-corrected chi connectivity index (χ2v) is 4.86. The lowest BCUT2D eigenvalue weighted by atomic mass is 10.3. The van der Waals surface area contributed by atoms with Gasteiger partial charge in [0, 0.05) is 39.3 Å². The summed E-state index contributed by atoms with van der Waals surface area (Å²) in [5.74, 6) is 0.210. The minimum Gasteiger partial charge on any atom is -0.392 e. The average molecular weight is 227 g/mol. The van der Waals surface area contributed by atoms with E-state index in [0.29, 0.717) is 13.1 Å². The zero-order valence-corrected chi connectivity index (χ0v) is 9.93. The first kappa shape index (κ1) is 11.8. The zero-order chi connectivity index (χ0) is 11.5. The molecule has 2 heterocycles. The van der Waals surface area contributed by atoms with Gasteiger partial charge in [-0.3, -0.25) is 9.69 Å². The zero-order valence-electron chi connectivity index (χ0n) is 9.93. The van der Waals surface area contributed by atoms with Crippen molar-refractivity contribution in [3.8, 4) is 0 Å². The summed E-state index contributed by atoms with van der Waals surface area (Å²) in [6, 6.07) is 0. The number of piperazine rings is 1. The van der Waals surface area contributed by atoms with Crippen LogP contribution in [0.25, 0.3) is 0 Å². The Hall–Kier alpha value is -0.650. The average Bonchev–Trinajstić information content (AvgIpc) is 2.65. The van der Waals surface area contributed by atoms with Crippen molar-refractivity contribution in [2.24, 2.45) is 0 Å². The number of hydrogen-bond acceptors (Lipinski definition) is 4. The second-order valence-electron chi connectivity index (χ2n) is 4.86. The molecule has 2 saturated heterocycles. The lowest BCUT2D eigenvalue weighted by molar-refractivity contribution is -0.133. The molecule has 0 radical (unpaired) electrons. The number of hydrogen-bond donors (Lipinski definition) is 1. The summed E-state index contributed by atoms with van der Waals surface area (Å²) in [7, 11) is 2.08. The number of aliphatic hydroxyl groups excluding tert-OH is 1. The van der Waals surface area contributed by atoms with Gasteiger partial charge in [-0.25, -0.2) is 0 Å². The Kier molecular flexibility index (Phi) is 3.78. The Morgan fingerprint density at radius 1 is 1.25 bits per heavy atom. The van der Waals surface area contributed by atoms with Crippen LogP contribution in [0.2, 0.25) is 0 Å². The van der Waals surface area contributed by atoms with Crippen LogP contribution >= 0.6 is 0 Å². The van der Waals surface area contributed by atoms with Crippen molar-refractivity contribution in [3.05, 3.63) is 0 Å². The standard InChI is InChI=1S/C11H21N3O2/c1-12-4-6-14(7-5-12)11(16)9-13-3-2-10(15)8-13/h10,15H,2-9H2,1H3/t10-/m1/s1. The van der Waals surface area contributed by atoms with Gasteiger partial charge in [0.05, 0.1) is 12.6 Å². The molecule has 0 aromatic rings. The van der Waals surface area contributed by atoms with Gasteiger partial charge >= 0.3 is 0 Å². The lowest BCUT2D eigenvalue weighted by Crippen LogP contribution is -2.49. The van der Waals surface area contributed by atoms with E-state index in [1.54, 1.807) is 0 Å². The summed E-state index contributed by atoms with van der Waals surface area (Å²) in [6.45, 7) is 5.58. The Balaban J connectivity index is 1.75. The molecule has 2 fully saturated rings. The molecule has 5 heteroatoms. The maximum atomic E-state index is 12.0. The van der Waals surface area contributed by atoms with E-state index in [9.17, 15) is 9.90 Å². The smallest absolute Gasteiger partial charge is 0.236 e. The minimum atomic E-state index is -0.236. The van der Waals surface area contributed by atoms with Gasteiger partial charge in [-0.15, -0.1) is 0 Å². The monoisotopic (exact) mass is 227 g/mol. The Bertz CT molecular complexity index is 252. The lowest BCUT2D eigenvalue weighted by Gasteiger charge is -2.33. The van der Waals surface area contributed by atoms with E-state index in [-0.39, 0.29) is 12.0 Å². The summed E-state index contributed by atoms with van der Waals surface area (Å²) in [5.41, 5.74) is 0. The Morgan fingerprint density at radius 3 is 2.50 bits per heavy atom. The molecule has 0 aromatic carbocycles. The number of amides is 1. The third-order valence-corrected chi connectivity index (χ3v) is 3.46. The number of likely N-dealkylation sites (tertiary alicyclic amines) is 1. The summed E-state index contributed by atoms with van der Waals surface area (Å²) in [5, 5.41) is 9.38. The van der Waals surface area contributed by atoms with Crippen molar-refractivity contribution >= 4 is 5.91 Å². The number of carbonyl (C=O) groups is 1. The fraction of sp³-hybridized carbons (Fsp3) is 0.909. The van der Waals surface area contributed by atoms with Gasteiger partial charge in [0.1, 0.15) is 0 Å². The molecule has 2 aliphatic heterocycles. The topological polar surface area (TPSA) is 47.0 Å². The van der Waals surface area contributed by atoms with E-state index >= 15 is 0 Å². The molecular weight excluding hydrogens is 206 g/mol. The van der Waals surface area contributed by atoms with Gasteiger partial charge < -0.3 is 14.9 Å². The van der Waals surface area contributed by atoms with E-state index in [0.717, 1.165) is 39.1 Å². The molecule has 16 heavy (non-hydrogen) atoms. The minimum absolute atomic E-state index is 0.210. The molecule has 2 aliphatic rings. The molecule has 0 aliphatic carbocycles. The Labute approximate surface area is 96.6 Å². The highest BCUT2D eigenvalue weighted by Crippen LogP contribution is 2.09. The van der Waals surface area contributed by atoms with Crippen molar-refractivity contribution in [1.29, 1.82) is 0 Å². The SMILES string of the molecule is CN1CCN(C(=O)CN2CC[C@@H](O)C2)CC1. The largest absolute Gasteiger partial charge is 0.392 e. The van der Waals surface area contributed by atoms with Crippen molar-refractivity contribution in [2.75, 3.05) is 52.9 Å². The van der Waals surface area contributed by atoms with E-state index < -0.39 is 0 Å². The quantitative estimate of drug-likeness (QED) is 0.645. The fourth-order valence-electron chi connectivity index (χ4n) is 2.30. The van der Waals surface area contributed by atoms with E-state index in [4.69, 9.17) is 0 Å². The molecule has 1 amide bonds. The number of likely N-dealkylation sites (N-methyl/N-ethyl adjacent to an activating group) is 1. The first-order valence-electron chi connectivity index (χ1n) is 6.02. The molecule has 0 aromatic heterocycles. The van der Waals surface area contributed by atoms with Crippen LogP contribution in [-0.4, -0.2) is 84.7 Å². The molecule has 92 valence electrons. The van der Waals surface area contributed by atoms with Crippen LogP contribution in [0.4, 0.5) is 0 Å². The van der Waals surface area contributed by atoms with Gasteiger partial charge in [-0.05, 0) is 13.5 Å². The number of aliphatic hydroxyl groups is 1. The molecule has 0 saturated carbocycles. The van der Waals surface area contributed by atoms with Crippen LogP contribution in [-0.2, 0) is 4.79 Å². The van der Waals surface area contributed by atoms with Gasteiger partial charge in [0.2, 0.25) is 5.91 Å². The van der Waals surface area contributed by atoms with E-state index in [1.165, 1.54) is 0 Å². The van der Waals surface area contributed by atoms with Crippen molar-refractivity contribution in [3.63, 3.8) is 0 Å². The van der Waals surface area contributed by atoms with Gasteiger partial charge in [-0.2, -0.15) is 0 Å². The number of rotatable bonds is 2. The predicted molar refractivity (Wildman–Crippen MR) is 61.1 cm³/mol. The Morgan fingerprint density at radius 2 is 1.94 bits per heavy atom. The van der Waals surface area contributed by atoms with Crippen LogP contribution in [0.1, 0.15) is 6.42 Å². The summed E-state index contributed by atoms with van der Waals surface area (Å²) < 4.78 is 0. The van der Waals surface area contributed by atoms with E-state index in [2.05, 4.69) is 11.9 Å². The van der Waals surface area contributed by atoms with E-state index in [1.807, 2.05) is 9.80 Å². The van der Waals surface area contributed by atoms with Gasteiger partial charge in [0.25, 0.3) is 0 Å². The normalized spacial score (nSPS) is 28.6. The molecule has 5 nitrogen and oxygen atoms in total. The molecule has 1 atom stereocenters. The van der Waals surface area contributed by atoms with Gasteiger partial charge in [-0.1, -0.05) is 0 Å². The summed E-state index contributed by atoms with van der Waals surface area (Å²) in [6.07, 6.45) is 0.566. The molecule has 1 N–H and O–H groups in total. The number of nitrogens with zero attached hydrogens (tertiary/aromatic N) is 3. The third kappa shape index (κ3) is 2.93. The summed E-state index contributed by atoms with van der Waals surface area (Å²) in [4.78, 5) is 18.2. The van der Waals surface area contributed by atoms with Crippen LogP contribution in [0, 0.1) is 0 Å². The molecule has 0 spiro atoms. The first-order valence-corrected chi connectivity index (χ1v) is 6.02. The predicted octanol–water partition coefficient (Wildman–Crippen LogP) is -1.17. The van der Waals surface area contributed by atoms with Crippen LogP contribution in [0.15, 0.2) is 0 Å². The highest BCUT2D eigenvalue weighted by atomic mass is 16.3. The summed E-state index contributed by atoms with van der Waals surface area (Å²) >= 11 is 0. The maximum absolute atomic E-state index is 12.0. The van der Waals surface area contributed by atoms with Crippen LogP contribution < -0.4 is 0 Å². The highest BCUT2D eigenvalue weighted by Gasteiger charge is 2.25. The van der Waals surface area contributed by atoms with Crippen LogP contribution in [0.3, 0.4) is 0 Å². The van der Waals surface area contributed by atoms with Crippen molar-refractivity contribution in [2.45, 2.75) is 12.5 Å². The first-order chi connectivity index (χ1) is 7.65. The molecule has 2 rings (SSSR count). The molecular formula is C11H21N3O2. The van der Waals surface area contributed by atoms with Crippen molar-refractivity contribution < 1.29 is 9.90 Å². The maximum Gasteiger partial charge on any atom is 0.236 e. The third-order valence-electron chi connectivity index (χ3n) is 3.46. The van der Waals surface area contributed by atoms with Crippen molar-refractivity contribution in [1.82, 2.24) is 14.7 Å². The van der Waals surface area contributed by atoms with Gasteiger partial charge in [0.15, 0.2) is 0 Å². The second kappa shape index (κ2) is 5.12. The molecule has 0 bridgehead atoms. The molecule has 0 unspecified atom stereocenters. The number of β-amino-alcohol motifs (C(OH)–C–C–N with tert-alkyl or cyclic N) is 1.